The molecule has 0 unspecified atom stereocenters. The molecule has 0 spiro atoms. The molecule has 5 heteroatoms. The number of carbonyl (C=O) groups excluding carboxylic acids is 1. The Labute approximate surface area is 150 Å². The number of carbonyl (C=O) groups is 1. The van der Waals surface area contributed by atoms with E-state index in [1.807, 2.05) is 18.9 Å². The van der Waals surface area contributed by atoms with E-state index in [4.69, 9.17) is 4.42 Å². The predicted molar refractivity (Wildman–Crippen MR) is 97.7 cm³/mol. The van der Waals surface area contributed by atoms with Gasteiger partial charge in [0.1, 0.15) is 11.5 Å². The number of hydrogen-bond acceptors (Lipinski definition) is 3. The number of likely N-dealkylation sites (tertiary alicyclic amines) is 1. The van der Waals surface area contributed by atoms with Crippen molar-refractivity contribution in [3.63, 3.8) is 0 Å². The van der Waals surface area contributed by atoms with Gasteiger partial charge in [0.05, 0.1) is 5.56 Å². The van der Waals surface area contributed by atoms with Gasteiger partial charge < -0.3 is 14.2 Å². The molecular formula is C18H29BrN2O2. The number of furan rings is 1. The highest BCUT2D eigenvalue weighted by atomic mass is 79.9. The molecular weight excluding hydrogens is 356 g/mol. The summed E-state index contributed by atoms with van der Waals surface area (Å²) in [4.78, 5) is 17.2. The fourth-order valence-electron chi connectivity index (χ4n) is 3.75. The molecule has 1 aromatic rings. The Morgan fingerprint density at radius 1 is 1.13 bits per heavy atom. The summed E-state index contributed by atoms with van der Waals surface area (Å²) in [7, 11) is 1.92. The minimum atomic E-state index is 0. The summed E-state index contributed by atoms with van der Waals surface area (Å²) in [5.74, 6) is 2.00. The van der Waals surface area contributed by atoms with Gasteiger partial charge in [-0.05, 0) is 52.1 Å². The molecule has 0 saturated carbocycles. The van der Waals surface area contributed by atoms with Crippen molar-refractivity contribution in [3.05, 3.63) is 22.6 Å². The highest BCUT2D eigenvalue weighted by Gasteiger charge is 2.27. The van der Waals surface area contributed by atoms with Crippen molar-refractivity contribution in [2.45, 2.75) is 51.9 Å². The molecule has 2 heterocycles. The number of amides is 1. The Kier molecular flexibility index (Phi) is 6.72. The van der Waals surface area contributed by atoms with Crippen LogP contribution in [0.4, 0.5) is 0 Å². The van der Waals surface area contributed by atoms with Crippen molar-refractivity contribution >= 4 is 22.9 Å². The molecule has 1 aliphatic heterocycles. The van der Waals surface area contributed by atoms with E-state index >= 15 is 0 Å². The third-order valence-corrected chi connectivity index (χ3v) is 5.11. The zero-order valence-electron chi connectivity index (χ0n) is 14.4. The lowest BCUT2D eigenvalue weighted by Gasteiger charge is -2.28. The number of likely N-dealkylation sites (N-methyl/N-ethyl adjacent to an activating group) is 1. The van der Waals surface area contributed by atoms with Gasteiger partial charge in [0.25, 0.3) is 5.91 Å². The number of fused-ring (bicyclic) bond motifs is 1. The lowest BCUT2D eigenvalue weighted by molar-refractivity contribution is 0.0770. The third-order valence-electron chi connectivity index (χ3n) is 5.11. The molecule has 0 atom stereocenters. The molecule has 0 radical (unpaired) electrons. The lowest BCUT2D eigenvalue weighted by Crippen LogP contribution is -2.39. The van der Waals surface area contributed by atoms with Crippen LogP contribution in [0.15, 0.2) is 4.42 Å². The Hall–Kier alpha value is -0.810. The summed E-state index contributed by atoms with van der Waals surface area (Å²) in [6, 6.07) is 0. The van der Waals surface area contributed by atoms with Crippen LogP contribution in [0, 0.1) is 6.92 Å². The Balaban J connectivity index is 0.00000192. The van der Waals surface area contributed by atoms with Gasteiger partial charge in [-0.15, -0.1) is 17.0 Å². The molecule has 0 bridgehead atoms. The molecule has 0 aromatic carbocycles. The van der Waals surface area contributed by atoms with Gasteiger partial charge in [0.2, 0.25) is 0 Å². The molecule has 4 nitrogen and oxygen atoms in total. The molecule has 23 heavy (non-hydrogen) atoms. The minimum absolute atomic E-state index is 0. The number of aryl methyl sites for hydroxylation is 2. The summed E-state index contributed by atoms with van der Waals surface area (Å²) in [5.41, 5.74) is 2.02. The van der Waals surface area contributed by atoms with Crippen LogP contribution >= 0.6 is 17.0 Å². The van der Waals surface area contributed by atoms with E-state index in [1.54, 1.807) is 0 Å². The van der Waals surface area contributed by atoms with Crippen molar-refractivity contribution in [3.8, 4) is 0 Å². The van der Waals surface area contributed by atoms with Gasteiger partial charge in [-0.25, -0.2) is 0 Å². The van der Waals surface area contributed by atoms with E-state index in [0.29, 0.717) is 0 Å². The van der Waals surface area contributed by atoms with Gasteiger partial charge in [0, 0.05) is 32.1 Å². The first-order valence-electron chi connectivity index (χ1n) is 8.76. The van der Waals surface area contributed by atoms with Crippen LogP contribution in [-0.4, -0.2) is 48.9 Å². The molecule has 1 saturated heterocycles. The minimum Gasteiger partial charge on any atom is -0.465 e. The van der Waals surface area contributed by atoms with Crippen LogP contribution in [0.2, 0.25) is 0 Å². The topological polar surface area (TPSA) is 36.7 Å². The zero-order chi connectivity index (χ0) is 15.5. The maximum Gasteiger partial charge on any atom is 0.257 e. The van der Waals surface area contributed by atoms with Crippen LogP contribution in [-0.2, 0) is 12.8 Å². The van der Waals surface area contributed by atoms with Crippen LogP contribution in [0.25, 0.3) is 0 Å². The second kappa shape index (κ2) is 8.34. The molecule has 130 valence electrons. The molecule has 0 N–H and O–H groups in total. The van der Waals surface area contributed by atoms with Gasteiger partial charge in [-0.1, -0.05) is 6.42 Å². The van der Waals surface area contributed by atoms with Gasteiger partial charge in [-0.2, -0.15) is 0 Å². The monoisotopic (exact) mass is 384 g/mol. The van der Waals surface area contributed by atoms with E-state index in [9.17, 15) is 4.79 Å². The van der Waals surface area contributed by atoms with Crippen molar-refractivity contribution in [1.29, 1.82) is 0 Å². The Bertz CT molecular complexity index is 535. The maximum absolute atomic E-state index is 12.8. The van der Waals surface area contributed by atoms with Crippen LogP contribution in [0.5, 0.6) is 0 Å². The highest BCUT2D eigenvalue weighted by Crippen LogP contribution is 2.30. The highest BCUT2D eigenvalue weighted by molar-refractivity contribution is 8.93. The first kappa shape index (κ1) is 18.5. The number of rotatable bonds is 4. The largest absolute Gasteiger partial charge is 0.465 e. The fraction of sp³-hybridized carbons (Fsp3) is 0.722. The summed E-state index contributed by atoms with van der Waals surface area (Å²) >= 11 is 0. The van der Waals surface area contributed by atoms with Crippen molar-refractivity contribution in [2.75, 3.05) is 33.2 Å². The number of piperidine rings is 1. The normalized spacial score (nSPS) is 18.2. The average molecular weight is 385 g/mol. The standard InChI is InChI=1S/C18H28N2O2.BrH/c1-14-17(15-8-4-5-9-16(15)22-14)18(21)19(2)12-13-20-10-6-3-7-11-20;/h3-13H2,1-2H3;1H. The van der Waals surface area contributed by atoms with Gasteiger partial charge in [0.15, 0.2) is 0 Å². The predicted octanol–water partition coefficient (Wildman–Crippen LogP) is 3.60. The van der Waals surface area contributed by atoms with Crippen molar-refractivity contribution in [1.82, 2.24) is 9.80 Å². The zero-order valence-corrected chi connectivity index (χ0v) is 16.1. The molecule has 1 aliphatic carbocycles. The molecule has 1 fully saturated rings. The van der Waals surface area contributed by atoms with E-state index in [1.165, 1.54) is 50.8 Å². The first-order chi connectivity index (χ1) is 10.7. The van der Waals surface area contributed by atoms with E-state index < -0.39 is 0 Å². The lowest BCUT2D eigenvalue weighted by atomic mass is 9.94. The second-order valence-electron chi connectivity index (χ2n) is 6.77. The maximum atomic E-state index is 12.8. The van der Waals surface area contributed by atoms with E-state index in [0.717, 1.165) is 43.0 Å². The van der Waals surface area contributed by atoms with Crippen LogP contribution in [0.1, 0.15) is 59.5 Å². The second-order valence-corrected chi connectivity index (χ2v) is 6.77. The van der Waals surface area contributed by atoms with Crippen molar-refractivity contribution in [2.24, 2.45) is 0 Å². The van der Waals surface area contributed by atoms with Crippen LogP contribution < -0.4 is 0 Å². The first-order valence-corrected chi connectivity index (χ1v) is 8.76. The smallest absolute Gasteiger partial charge is 0.257 e. The SMILES string of the molecule is Br.Cc1oc2c(c1C(=O)N(C)CCN1CCCCC1)CCCC2. The van der Waals surface area contributed by atoms with Gasteiger partial charge in [-0.3, -0.25) is 4.79 Å². The summed E-state index contributed by atoms with van der Waals surface area (Å²) in [5, 5.41) is 0. The van der Waals surface area contributed by atoms with Crippen LogP contribution in [0.3, 0.4) is 0 Å². The summed E-state index contributed by atoms with van der Waals surface area (Å²) in [6.07, 6.45) is 8.28. The third kappa shape index (κ3) is 4.18. The molecule has 3 rings (SSSR count). The number of halogens is 1. The van der Waals surface area contributed by atoms with E-state index in [2.05, 4.69) is 4.90 Å². The molecule has 2 aliphatic rings. The summed E-state index contributed by atoms with van der Waals surface area (Å²) in [6.45, 7) is 6.09. The van der Waals surface area contributed by atoms with Crippen molar-refractivity contribution < 1.29 is 9.21 Å². The number of nitrogens with zero attached hydrogens (tertiary/aromatic N) is 2. The molecule has 1 amide bonds. The number of hydrogen-bond donors (Lipinski definition) is 0. The fourth-order valence-corrected chi connectivity index (χ4v) is 3.75. The summed E-state index contributed by atoms with van der Waals surface area (Å²) < 4.78 is 5.84. The van der Waals surface area contributed by atoms with Gasteiger partial charge >= 0.3 is 0 Å². The quantitative estimate of drug-likeness (QED) is 0.795. The average Bonchev–Trinajstić information content (AvgIpc) is 2.88. The molecule has 1 aromatic heterocycles. The Morgan fingerprint density at radius 2 is 1.83 bits per heavy atom. The van der Waals surface area contributed by atoms with E-state index in [-0.39, 0.29) is 22.9 Å². The Morgan fingerprint density at radius 3 is 2.57 bits per heavy atom.